The molecule has 0 unspecified atom stereocenters. The second kappa shape index (κ2) is 2.57. The lowest BCUT2D eigenvalue weighted by Crippen LogP contribution is -2.41. The first-order chi connectivity index (χ1) is 2.56. The summed E-state index contributed by atoms with van der Waals surface area (Å²) in [5, 5.41) is 0. The van der Waals surface area contributed by atoms with Crippen LogP contribution in [0.1, 0.15) is 0 Å². The van der Waals surface area contributed by atoms with Crippen LogP contribution in [0.4, 0.5) is 0 Å². The zero-order valence-corrected chi connectivity index (χ0v) is 9.85. The summed E-state index contributed by atoms with van der Waals surface area (Å²) in [4.78, 5) is 0. The van der Waals surface area contributed by atoms with E-state index in [0.29, 0.717) is 8.13 Å². The summed E-state index contributed by atoms with van der Waals surface area (Å²) < 4.78 is 0. The summed E-state index contributed by atoms with van der Waals surface area (Å²) >= 11 is 0. The van der Waals surface area contributed by atoms with E-state index in [4.69, 9.17) is 0 Å². The van der Waals surface area contributed by atoms with Crippen molar-refractivity contribution in [2.24, 2.45) is 0 Å². The van der Waals surface area contributed by atoms with E-state index < -0.39 is 6.14 Å². The van der Waals surface area contributed by atoms with Gasteiger partial charge in [-0.25, -0.2) is 0 Å². The molecule has 0 bridgehead atoms. The Kier molecular flexibility index (Phi) is 3.13. The lowest BCUT2D eigenvalue weighted by molar-refractivity contribution is 3.72. The summed E-state index contributed by atoms with van der Waals surface area (Å²) in [6.07, 6.45) is -1.12. The molecule has 0 fully saturated rings. The molecule has 0 aliphatic heterocycles. The zero-order chi connectivity index (χ0) is 5.21. The Bertz CT molecular complexity index is 45.5. The molecule has 0 aromatic rings. The Morgan fingerprint density at radius 3 is 1.50 bits per heavy atom. The molecule has 9 radical (unpaired) electrons. The predicted octanol–water partition coefficient (Wildman–Crippen LogP) is -3.09. The predicted molar refractivity (Wildman–Crippen MR) is 38.7 cm³/mol. The van der Waals surface area contributed by atoms with Crippen molar-refractivity contribution in [1.29, 1.82) is 0 Å². The average Bonchev–Trinajstić information content (AvgIpc) is 1.35. The van der Waals surface area contributed by atoms with Gasteiger partial charge in [0.25, 0.3) is 0 Å². The van der Waals surface area contributed by atoms with Crippen LogP contribution in [0.15, 0.2) is 0 Å². The van der Waals surface area contributed by atoms with Crippen LogP contribution in [0, 0.1) is 0 Å². The quantitative estimate of drug-likeness (QED) is 0.367. The highest BCUT2D eigenvalue weighted by Gasteiger charge is 2.04. The highest BCUT2D eigenvalue weighted by atomic mass is 30.1. The average molecular weight is 172 g/mol. The second-order valence-corrected chi connectivity index (χ2v) is 27.3. The molecule has 0 amide bonds. The van der Waals surface area contributed by atoms with Crippen LogP contribution in [0.3, 0.4) is 0 Å². The summed E-state index contributed by atoms with van der Waals surface area (Å²) in [5.41, 5.74) is 0. The molecule has 0 aromatic carbocycles. The van der Waals surface area contributed by atoms with Gasteiger partial charge in [-0.2, -0.15) is 0 Å². The molecule has 27 valence electrons. The topological polar surface area (TPSA) is 0 Å². The van der Waals surface area contributed by atoms with Gasteiger partial charge in [-0.15, -0.1) is 0 Å². The zero-order valence-electron chi connectivity index (χ0n) is 3.28. The molecule has 0 heterocycles. The first-order valence-electron chi connectivity index (χ1n) is 1.45. The number of hydrogen-bond acceptors (Lipinski definition) is 0. The highest BCUT2D eigenvalue weighted by molar-refractivity contribution is 7.79. The van der Waals surface area contributed by atoms with Crippen LogP contribution in [0.2, 0.25) is 0 Å². The van der Waals surface area contributed by atoms with E-state index in [1.54, 1.807) is 0 Å². The monoisotopic (exact) mass is 171 g/mol. The van der Waals surface area contributed by atoms with Crippen LogP contribution < -0.4 is 0 Å². The van der Waals surface area contributed by atoms with Gasteiger partial charge in [-0.1, -0.05) is 17.5 Å². The maximum atomic E-state index is 3.53. The molecular weight excluding hydrogens is 169 g/mol. The fraction of sp³-hybridized carbons (Fsp3) is 0. The van der Waals surface area contributed by atoms with Crippen molar-refractivity contribution >= 4 is 52.9 Å². The Hall–Kier alpha value is 1.30. The van der Waals surface area contributed by atoms with E-state index in [9.17, 15) is 0 Å². The Morgan fingerprint density at radius 1 is 1.33 bits per heavy atom. The molecule has 0 aromatic heterocycles. The van der Waals surface area contributed by atoms with Gasteiger partial charge < -0.3 is 0 Å². The van der Waals surface area contributed by atoms with Gasteiger partial charge in [0, 0.05) is 35.4 Å². The summed E-state index contributed by atoms with van der Waals surface area (Å²) in [5.74, 6) is 0. The highest BCUT2D eigenvalue weighted by Crippen LogP contribution is 1.66. The van der Waals surface area contributed by atoms with Crippen LogP contribution in [0.5, 0.6) is 0 Å². The summed E-state index contributed by atoms with van der Waals surface area (Å²) in [6.45, 7) is 0. The largest absolute Gasteiger partial charge is 0.0529 e. The van der Waals surface area contributed by atoms with E-state index in [-0.39, 0.29) is 0 Å². The molecule has 0 aliphatic rings. The van der Waals surface area contributed by atoms with Gasteiger partial charge in [0.1, 0.15) is 0 Å². The third kappa shape index (κ3) is 5.30. The van der Waals surface area contributed by atoms with Gasteiger partial charge in [0.15, 0.2) is 0 Å². The molecule has 0 N–H and O–H groups in total. The second-order valence-electron chi connectivity index (χ2n) is 1.01. The molecule has 0 nitrogen and oxygen atoms in total. The minimum absolute atomic E-state index is 0.567. The molecular formula is H3Si6. The molecule has 6 heteroatoms. The maximum absolute atomic E-state index is 3.53. The normalized spacial score (nSPS) is 11.2. The molecule has 0 atom stereocenters. The maximum Gasteiger partial charge on any atom is 0.0155 e. The Balaban J connectivity index is 3.45. The van der Waals surface area contributed by atoms with Crippen LogP contribution >= 0.6 is 0 Å². The van der Waals surface area contributed by atoms with Crippen molar-refractivity contribution in [3.05, 3.63) is 0 Å². The third-order valence-corrected chi connectivity index (χ3v) is 24.8. The van der Waals surface area contributed by atoms with Gasteiger partial charge in [-0.05, 0) is 0 Å². The van der Waals surface area contributed by atoms with Gasteiger partial charge in [-0.3, -0.25) is 0 Å². The lowest BCUT2D eigenvalue weighted by Gasteiger charge is -2.03. The van der Waals surface area contributed by atoms with E-state index in [1.807, 2.05) is 9.34 Å². The van der Waals surface area contributed by atoms with Crippen molar-refractivity contribution in [1.82, 2.24) is 0 Å². The van der Waals surface area contributed by atoms with Gasteiger partial charge in [0.2, 0.25) is 0 Å². The Labute approximate surface area is 53.1 Å². The first kappa shape index (κ1) is 7.30. The van der Waals surface area contributed by atoms with Crippen LogP contribution in [0.25, 0.3) is 0 Å². The van der Waals surface area contributed by atoms with Crippen LogP contribution in [-0.4, -0.2) is 52.9 Å². The van der Waals surface area contributed by atoms with Crippen molar-refractivity contribution in [2.45, 2.75) is 0 Å². The SMILES string of the molecule is [Si][Si]([Si])([Si])[SiH]=[SiH2]. The van der Waals surface area contributed by atoms with E-state index >= 15 is 0 Å². The molecule has 6 heavy (non-hydrogen) atoms. The lowest BCUT2D eigenvalue weighted by atomic mass is 26.1. The van der Waals surface area contributed by atoms with E-state index in [0.717, 1.165) is 0 Å². The van der Waals surface area contributed by atoms with E-state index in [2.05, 4.69) is 29.3 Å². The fourth-order valence-electron chi connectivity index (χ4n) is 0. The smallest absolute Gasteiger partial charge is 0.0155 e. The minimum Gasteiger partial charge on any atom is -0.0529 e. The summed E-state index contributed by atoms with van der Waals surface area (Å²) in [7, 11) is 13.2. The van der Waals surface area contributed by atoms with Crippen molar-refractivity contribution in [3.8, 4) is 0 Å². The number of rotatable bonds is 1. The molecule has 0 saturated heterocycles. The van der Waals surface area contributed by atoms with Crippen molar-refractivity contribution in [2.75, 3.05) is 0 Å². The molecule has 0 spiro atoms. The first-order valence-corrected chi connectivity index (χ1v) is 13.0. The molecule has 0 saturated carbocycles. The standard InChI is InChI=1S/H3Si6/c1-5-6(2,3)4/h5H,1H2. The van der Waals surface area contributed by atoms with Crippen molar-refractivity contribution < 1.29 is 0 Å². The van der Waals surface area contributed by atoms with Gasteiger partial charge >= 0.3 is 0 Å². The number of hydrogen-bond donors (Lipinski definition) is 0. The van der Waals surface area contributed by atoms with Gasteiger partial charge in [0.05, 0.1) is 0 Å². The fourth-order valence-corrected chi connectivity index (χ4v) is 0. The Morgan fingerprint density at radius 2 is 1.50 bits per heavy atom. The minimum atomic E-state index is -1.12. The van der Waals surface area contributed by atoms with Crippen molar-refractivity contribution in [3.63, 3.8) is 0 Å². The summed E-state index contributed by atoms with van der Waals surface area (Å²) in [6, 6.07) is 0. The van der Waals surface area contributed by atoms with Crippen LogP contribution in [-0.2, 0) is 0 Å². The molecule has 0 aliphatic carbocycles. The van der Waals surface area contributed by atoms with E-state index in [1.165, 1.54) is 0 Å². The molecule has 0 rings (SSSR count). The third-order valence-electron chi connectivity index (χ3n) is 0.306.